The second-order valence-corrected chi connectivity index (χ2v) is 9.70. The maximum Gasteiger partial charge on any atom is 0.312 e. The third-order valence-electron chi connectivity index (χ3n) is 5.90. The quantitative estimate of drug-likeness (QED) is 0.395. The SMILES string of the molecule is COc1ccc(S(=O)(=O)N2CCN(C(=O)c3cc(=O)n(C)c4ccccc34)CC2)cc1[N+](=O)[O-]. The minimum atomic E-state index is -4.02. The molecule has 178 valence electrons. The minimum Gasteiger partial charge on any atom is -0.490 e. The van der Waals surface area contributed by atoms with Gasteiger partial charge in [-0.1, -0.05) is 18.2 Å². The van der Waals surface area contributed by atoms with E-state index in [1.54, 1.807) is 31.3 Å². The summed E-state index contributed by atoms with van der Waals surface area (Å²) in [6.45, 7) is 0.243. The average Bonchev–Trinajstić information content (AvgIpc) is 2.85. The number of pyridine rings is 1. The zero-order chi connectivity index (χ0) is 24.6. The fourth-order valence-electron chi connectivity index (χ4n) is 4.01. The molecule has 2 heterocycles. The second kappa shape index (κ2) is 8.88. The summed E-state index contributed by atoms with van der Waals surface area (Å²) in [6.07, 6.45) is 0. The van der Waals surface area contributed by atoms with Crippen molar-refractivity contribution < 1.29 is 22.9 Å². The van der Waals surface area contributed by atoms with Gasteiger partial charge in [-0.05, 0) is 18.2 Å². The predicted molar refractivity (Wildman–Crippen MR) is 123 cm³/mol. The molecule has 1 aromatic heterocycles. The van der Waals surface area contributed by atoms with Gasteiger partial charge < -0.3 is 14.2 Å². The molecule has 0 bridgehead atoms. The van der Waals surface area contributed by atoms with E-state index in [0.717, 1.165) is 6.07 Å². The number of rotatable bonds is 5. The number of aromatic nitrogens is 1. The number of nitro benzene ring substituents is 1. The van der Waals surface area contributed by atoms with Gasteiger partial charge in [0.2, 0.25) is 10.0 Å². The summed E-state index contributed by atoms with van der Waals surface area (Å²) < 4.78 is 33.7. The van der Waals surface area contributed by atoms with Crippen molar-refractivity contribution in [3.63, 3.8) is 0 Å². The first-order valence-corrected chi connectivity index (χ1v) is 11.8. The molecule has 3 aromatic rings. The number of hydrogen-bond donors (Lipinski definition) is 0. The van der Waals surface area contributed by atoms with Crippen molar-refractivity contribution in [2.75, 3.05) is 33.3 Å². The highest BCUT2D eigenvalue weighted by Gasteiger charge is 2.32. The van der Waals surface area contributed by atoms with Crippen molar-refractivity contribution >= 4 is 32.5 Å². The number of benzene rings is 2. The van der Waals surface area contributed by atoms with E-state index in [-0.39, 0.29) is 53.9 Å². The molecule has 0 radical (unpaired) electrons. The Morgan fingerprint density at radius 3 is 2.38 bits per heavy atom. The van der Waals surface area contributed by atoms with Crippen molar-refractivity contribution in [2.24, 2.45) is 7.05 Å². The summed E-state index contributed by atoms with van der Waals surface area (Å²) in [5.74, 6) is -0.397. The smallest absolute Gasteiger partial charge is 0.312 e. The van der Waals surface area contributed by atoms with Crippen LogP contribution in [-0.2, 0) is 17.1 Å². The second-order valence-electron chi connectivity index (χ2n) is 7.76. The Kier molecular flexibility index (Phi) is 6.11. The minimum absolute atomic E-state index is 0.0106. The van der Waals surface area contributed by atoms with Crippen molar-refractivity contribution in [2.45, 2.75) is 4.90 Å². The van der Waals surface area contributed by atoms with Gasteiger partial charge in [-0.15, -0.1) is 0 Å². The fourth-order valence-corrected chi connectivity index (χ4v) is 5.45. The molecule has 34 heavy (non-hydrogen) atoms. The van der Waals surface area contributed by atoms with Crippen LogP contribution >= 0.6 is 0 Å². The number of nitro groups is 1. The van der Waals surface area contributed by atoms with Gasteiger partial charge in [-0.2, -0.15) is 4.31 Å². The largest absolute Gasteiger partial charge is 0.490 e. The first-order valence-electron chi connectivity index (χ1n) is 10.4. The van der Waals surface area contributed by atoms with Gasteiger partial charge in [0, 0.05) is 50.7 Å². The van der Waals surface area contributed by atoms with Gasteiger partial charge in [-0.3, -0.25) is 19.7 Å². The Balaban J connectivity index is 1.56. The Bertz CT molecular complexity index is 1460. The summed E-state index contributed by atoms with van der Waals surface area (Å²) in [4.78, 5) is 37.4. The molecular weight excluding hydrogens is 464 g/mol. The van der Waals surface area contributed by atoms with Crippen LogP contribution in [0.15, 0.2) is 58.2 Å². The number of sulfonamides is 1. The number of fused-ring (bicyclic) bond motifs is 1. The highest BCUT2D eigenvalue weighted by molar-refractivity contribution is 7.89. The monoisotopic (exact) mass is 486 g/mol. The summed E-state index contributed by atoms with van der Waals surface area (Å²) in [5.41, 5.74) is 0.126. The number of amides is 1. The molecule has 0 spiro atoms. The molecule has 1 aliphatic rings. The lowest BCUT2D eigenvalue weighted by atomic mass is 10.1. The van der Waals surface area contributed by atoms with Gasteiger partial charge in [0.15, 0.2) is 5.75 Å². The van der Waals surface area contributed by atoms with Crippen molar-refractivity contribution in [3.8, 4) is 5.75 Å². The topological polar surface area (TPSA) is 132 Å². The van der Waals surface area contributed by atoms with Crippen LogP contribution in [0.4, 0.5) is 5.69 Å². The van der Waals surface area contributed by atoms with Gasteiger partial charge >= 0.3 is 5.69 Å². The van der Waals surface area contributed by atoms with E-state index >= 15 is 0 Å². The van der Waals surface area contributed by atoms with E-state index in [4.69, 9.17) is 4.74 Å². The zero-order valence-corrected chi connectivity index (χ0v) is 19.3. The molecule has 1 saturated heterocycles. The lowest BCUT2D eigenvalue weighted by molar-refractivity contribution is -0.386. The predicted octanol–water partition coefficient (Wildman–Crippen LogP) is 1.60. The maximum atomic E-state index is 13.2. The maximum absolute atomic E-state index is 13.2. The summed E-state index contributed by atoms with van der Waals surface area (Å²) >= 11 is 0. The van der Waals surface area contributed by atoms with E-state index in [1.165, 1.54) is 39.1 Å². The van der Waals surface area contributed by atoms with E-state index in [0.29, 0.717) is 10.9 Å². The molecule has 0 aliphatic carbocycles. The van der Waals surface area contributed by atoms with Crippen LogP contribution in [0.3, 0.4) is 0 Å². The fraction of sp³-hybridized carbons (Fsp3) is 0.273. The Morgan fingerprint density at radius 2 is 1.74 bits per heavy atom. The molecule has 4 rings (SSSR count). The Labute approximate surface area is 195 Å². The normalized spacial score (nSPS) is 14.8. The number of ether oxygens (including phenoxy) is 1. The highest BCUT2D eigenvalue weighted by atomic mass is 32.2. The van der Waals surface area contributed by atoms with Crippen LogP contribution in [0.2, 0.25) is 0 Å². The number of aryl methyl sites for hydroxylation is 1. The first-order chi connectivity index (χ1) is 16.1. The number of carbonyl (C=O) groups is 1. The summed E-state index contributed by atoms with van der Waals surface area (Å²) in [7, 11) is -1.13. The van der Waals surface area contributed by atoms with E-state index in [9.17, 15) is 28.1 Å². The van der Waals surface area contributed by atoms with E-state index in [2.05, 4.69) is 0 Å². The van der Waals surface area contributed by atoms with Crippen LogP contribution in [0, 0.1) is 10.1 Å². The van der Waals surface area contributed by atoms with Crippen molar-refractivity contribution in [3.05, 3.63) is 74.6 Å². The number of hydrogen-bond acceptors (Lipinski definition) is 7. The Hall–Kier alpha value is -3.77. The van der Waals surface area contributed by atoms with Crippen LogP contribution in [0.5, 0.6) is 5.75 Å². The molecule has 11 nitrogen and oxygen atoms in total. The number of piperazine rings is 1. The third kappa shape index (κ3) is 4.01. The molecular formula is C22H22N4O7S. The van der Waals surface area contributed by atoms with Gasteiger partial charge in [0.1, 0.15) is 0 Å². The highest BCUT2D eigenvalue weighted by Crippen LogP contribution is 2.31. The number of nitrogens with zero attached hydrogens (tertiary/aromatic N) is 4. The van der Waals surface area contributed by atoms with Crippen LogP contribution in [0.1, 0.15) is 10.4 Å². The van der Waals surface area contributed by atoms with Gasteiger partial charge in [0.05, 0.1) is 28.0 Å². The molecule has 2 aromatic carbocycles. The van der Waals surface area contributed by atoms with E-state index < -0.39 is 20.6 Å². The lowest BCUT2D eigenvalue weighted by Gasteiger charge is -2.34. The van der Waals surface area contributed by atoms with Crippen LogP contribution in [0.25, 0.3) is 10.9 Å². The van der Waals surface area contributed by atoms with E-state index in [1.807, 2.05) is 0 Å². The molecule has 1 aliphatic heterocycles. The Morgan fingerprint density at radius 1 is 1.06 bits per heavy atom. The number of carbonyl (C=O) groups excluding carboxylic acids is 1. The standard InChI is InChI=1S/C22H22N4O7S/c1-23-18-6-4-3-5-16(18)17(14-21(23)27)22(28)24-9-11-25(12-10-24)34(31,32)15-7-8-20(33-2)19(13-15)26(29)30/h3-8,13-14H,9-12H2,1-2H3. The molecule has 0 N–H and O–H groups in total. The lowest BCUT2D eigenvalue weighted by Crippen LogP contribution is -2.50. The molecule has 12 heteroatoms. The zero-order valence-electron chi connectivity index (χ0n) is 18.5. The van der Waals surface area contributed by atoms with Crippen LogP contribution < -0.4 is 10.3 Å². The van der Waals surface area contributed by atoms with Crippen molar-refractivity contribution in [1.29, 1.82) is 0 Å². The van der Waals surface area contributed by atoms with Crippen molar-refractivity contribution in [1.82, 2.24) is 13.8 Å². The summed E-state index contributed by atoms with van der Waals surface area (Å²) in [5, 5.41) is 11.9. The van der Waals surface area contributed by atoms with Gasteiger partial charge in [0.25, 0.3) is 11.5 Å². The van der Waals surface area contributed by atoms with Gasteiger partial charge in [-0.25, -0.2) is 8.42 Å². The molecule has 0 saturated carbocycles. The third-order valence-corrected chi connectivity index (χ3v) is 7.79. The average molecular weight is 487 g/mol. The summed E-state index contributed by atoms with van der Waals surface area (Å²) in [6, 6.07) is 11.8. The molecule has 1 fully saturated rings. The number of para-hydroxylation sites is 1. The first kappa shape index (κ1) is 23.4. The molecule has 1 amide bonds. The molecule has 0 atom stereocenters. The number of methoxy groups -OCH3 is 1. The van der Waals surface area contributed by atoms with Crippen LogP contribution in [-0.4, -0.2) is 66.3 Å². The molecule has 0 unspecified atom stereocenters.